The molecule has 0 saturated carbocycles. The molecule has 0 atom stereocenters. The van der Waals surface area contributed by atoms with Gasteiger partial charge in [-0.05, 0) is 97.7 Å². The van der Waals surface area contributed by atoms with Gasteiger partial charge in [0.2, 0.25) is 0 Å². The SMILES string of the molecule is CC1(C)c2ccccc2-c2cc(-c3nc(-c4ccc5c(c4)C4(c6ccccc6Oc6ccccc64)c4cc6ccccc6cc4-5)c4sc5ccccc5c4n3)ccc21. The monoisotopic (exact) mass is 758 g/mol. The van der Waals surface area contributed by atoms with Crippen LogP contribution in [-0.4, -0.2) is 9.97 Å². The van der Waals surface area contributed by atoms with Crippen molar-refractivity contribution >= 4 is 42.4 Å². The molecule has 10 aromatic rings. The molecule has 0 fully saturated rings. The number of hydrogen-bond donors (Lipinski definition) is 0. The fraction of sp³-hybridized carbons (Fsp3) is 0.0741. The molecule has 0 amide bonds. The van der Waals surface area contributed by atoms with Crippen LogP contribution in [0.1, 0.15) is 47.2 Å². The number of benzene rings is 8. The van der Waals surface area contributed by atoms with E-state index in [1.165, 1.54) is 60.0 Å². The predicted molar refractivity (Wildman–Crippen MR) is 238 cm³/mol. The molecule has 272 valence electrons. The van der Waals surface area contributed by atoms with Gasteiger partial charge in [0.15, 0.2) is 5.82 Å². The van der Waals surface area contributed by atoms with Crippen LogP contribution >= 0.6 is 11.3 Å². The van der Waals surface area contributed by atoms with Gasteiger partial charge in [-0.15, -0.1) is 11.3 Å². The smallest absolute Gasteiger partial charge is 0.160 e. The highest BCUT2D eigenvalue weighted by Gasteiger charge is 2.51. The highest BCUT2D eigenvalue weighted by atomic mass is 32.1. The van der Waals surface area contributed by atoms with Crippen LogP contribution in [0.2, 0.25) is 0 Å². The standard InChI is InChI=1S/C54H34N2OS/c1-53(2)40-17-7-5-15-35(40)38-28-34(24-26-41(38)53)52-55-49(51-50(56-52)37-16-6-12-22-48(37)58-51)33-23-25-36-39-27-31-13-3-4-14-32(31)29-45(39)54(44(36)30-33)42-18-8-10-20-46(42)57-47-21-11-9-19-43(47)54/h3-30H,1-2H3. The third-order valence-corrected chi connectivity index (χ3v) is 14.3. The quantitative estimate of drug-likeness (QED) is 0.176. The summed E-state index contributed by atoms with van der Waals surface area (Å²) in [5.41, 5.74) is 15.9. The molecule has 0 radical (unpaired) electrons. The summed E-state index contributed by atoms with van der Waals surface area (Å²) in [6.45, 7) is 4.65. The summed E-state index contributed by atoms with van der Waals surface area (Å²) in [6.07, 6.45) is 0. The Hall–Kier alpha value is -6.88. The third-order valence-electron chi connectivity index (χ3n) is 13.1. The number of fused-ring (bicyclic) bond motifs is 16. The number of hydrogen-bond acceptors (Lipinski definition) is 4. The summed E-state index contributed by atoms with van der Waals surface area (Å²) in [5, 5.41) is 3.61. The van der Waals surface area contributed by atoms with E-state index in [0.29, 0.717) is 0 Å². The molecule has 8 aromatic carbocycles. The lowest BCUT2D eigenvalue weighted by Crippen LogP contribution is -2.32. The molecule has 13 rings (SSSR count). The van der Waals surface area contributed by atoms with Crippen LogP contribution in [0.3, 0.4) is 0 Å². The first-order chi connectivity index (χ1) is 28.5. The van der Waals surface area contributed by atoms with Gasteiger partial charge >= 0.3 is 0 Å². The van der Waals surface area contributed by atoms with Gasteiger partial charge in [0.05, 0.1) is 21.3 Å². The lowest BCUT2D eigenvalue weighted by molar-refractivity contribution is 0.436. The average Bonchev–Trinajstić information content (AvgIpc) is 3.86. The molecule has 0 saturated heterocycles. The van der Waals surface area contributed by atoms with Crippen LogP contribution in [0.25, 0.3) is 76.0 Å². The van der Waals surface area contributed by atoms with Gasteiger partial charge in [-0.3, -0.25) is 0 Å². The summed E-state index contributed by atoms with van der Waals surface area (Å²) < 4.78 is 9.01. The second-order valence-electron chi connectivity index (χ2n) is 16.5. The fourth-order valence-corrected chi connectivity index (χ4v) is 11.7. The molecule has 0 N–H and O–H groups in total. The van der Waals surface area contributed by atoms with Crippen molar-refractivity contribution in [2.24, 2.45) is 0 Å². The molecule has 2 aromatic heterocycles. The molecular weight excluding hydrogens is 725 g/mol. The normalized spacial score (nSPS) is 14.8. The van der Waals surface area contributed by atoms with Gasteiger partial charge in [-0.25, -0.2) is 9.97 Å². The van der Waals surface area contributed by atoms with E-state index in [1.807, 2.05) is 0 Å². The van der Waals surface area contributed by atoms with E-state index in [2.05, 4.69) is 184 Å². The number of rotatable bonds is 2. The molecule has 1 spiro atoms. The van der Waals surface area contributed by atoms with Crippen molar-refractivity contribution < 1.29 is 4.74 Å². The Kier molecular flexibility index (Phi) is 6.32. The zero-order chi connectivity index (χ0) is 38.3. The topological polar surface area (TPSA) is 35.0 Å². The lowest BCUT2D eigenvalue weighted by Gasteiger charge is -2.39. The summed E-state index contributed by atoms with van der Waals surface area (Å²) in [5.74, 6) is 2.51. The second-order valence-corrected chi connectivity index (χ2v) is 17.5. The molecule has 2 aliphatic carbocycles. The van der Waals surface area contributed by atoms with Gasteiger partial charge < -0.3 is 4.74 Å². The number of nitrogens with zero attached hydrogens (tertiary/aromatic N) is 2. The Morgan fingerprint density at radius 3 is 1.88 bits per heavy atom. The van der Waals surface area contributed by atoms with Crippen molar-refractivity contribution in [1.29, 1.82) is 0 Å². The van der Waals surface area contributed by atoms with Crippen LogP contribution in [0.4, 0.5) is 0 Å². The average molecular weight is 759 g/mol. The Morgan fingerprint density at radius 1 is 0.466 bits per heavy atom. The van der Waals surface area contributed by atoms with Gasteiger partial charge in [-0.2, -0.15) is 0 Å². The maximum Gasteiger partial charge on any atom is 0.160 e. The molecule has 58 heavy (non-hydrogen) atoms. The molecule has 0 unspecified atom stereocenters. The maximum absolute atomic E-state index is 6.70. The summed E-state index contributed by atoms with van der Waals surface area (Å²) in [7, 11) is 0. The first-order valence-corrected chi connectivity index (χ1v) is 20.8. The van der Waals surface area contributed by atoms with Crippen LogP contribution in [-0.2, 0) is 10.8 Å². The highest BCUT2D eigenvalue weighted by Crippen LogP contribution is 2.63. The predicted octanol–water partition coefficient (Wildman–Crippen LogP) is 14.1. The van der Waals surface area contributed by atoms with Crippen LogP contribution in [0.5, 0.6) is 11.5 Å². The molecule has 3 heterocycles. The van der Waals surface area contributed by atoms with E-state index in [4.69, 9.17) is 14.7 Å². The van der Waals surface area contributed by atoms with Crippen molar-refractivity contribution in [3.63, 3.8) is 0 Å². The van der Waals surface area contributed by atoms with E-state index in [-0.39, 0.29) is 5.41 Å². The van der Waals surface area contributed by atoms with E-state index in [1.54, 1.807) is 11.3 Å². The fourth-order valence-electron chi connectivity index (χ4n) is 10.5. The van der Waals surface area contributed by atoms with Crippen LogP contribution in [0, 0.1) is 0 Å². The zero-order valence-corrected chi connectivity index (χ0v) is 32.7. The molecule has 0 bridgehead atoms. The van der Waals surface area contributed by atoms with Crippen molar-refractivity contribution in [3.05, 3.63) is 203 Å². The van der Waals surface area contributed by atoms with E-state index in [0.717, 1.165) is 60.9 Å². The summed E-state index contributed by atoms with van der Waals surface area (Å²) >= 11 is 1.78. The van der Waals surface area contributed by atoms with Crippen molar-refractivity contribution in [2.75, 3.05) is 0 Å². The van der Waals surface area contributed by atoms with E-state index in [9.17, 15) is 0 Å². The minimum absolute atomic E-state index is 0.0742. The number of ether oxygens (including phenoxy) is 1. The summed E-state index contributed by atoms with van der Waals surface area (Å²) in [6, 6.07) is 62.0. The molecular formula is C54H34N2OS. The van der Waals surface area contributed by atoms with Crippen molar-refractivity contribution in [3.8, 4) is 56.4 Å². The second kappa shape index (κ2) is 11.4. The van der Waals surface area contributed by atoms with Gasteiger partial charge in [0, 0.05) is 37.8 Å². The minimum Gasteiger partial charge on any atom is -0.457 e. The minimum atomic E-state index is -0.606. The Morgan fingerprint density at radius 2 is 1.07 bits per heavy atom. The zero-order valence-electron chi connectivity index (χ0n) is 31.9. The Balaban J connectivity index is 1.10. The molecule has 3 aliphatic rings. The number of para-hydroxylation sites is 2. The van der Waals surface area contributed by atoms with E-state index < -0.39 is 5.41 Å². The first-order valence-electron chi connectivity index (χ1n) is 20.0. The van der Waals surface area contributed by atoms with Gasteiger partial charge in [0.1, 0.15) is 11.5 Å². The van der Waals surface area contributed by atoms with Gasteiger partial charge in [-0.1, -0.05) is 141 Å². The van der Waals surface area contributed by atoms with Gasteiger partial charge in [0.25, 0.3) is 0 Å². The number of aromatic nitrogens is 2. The third kappa shape index (κ3) is 4.12. The highest BCUT2D eigenvalue weighted by molar-refractivity contribution is 7.26. The summed E-state index contributed by atoms with van der Waals surface area (Å²) in [4.78, 5) is 11.0. The van der Waals surface area contributed by atoms with Crippen LogP contribution < -0.4 is 4.74 Å². The van der Waals surface area contributed by atoms with Crippen molar-refractivity contribution in [2.45, 2.75) is 24.7 Å². The molecule has 4 heteroatoms. The van der Waals surface area contributed by atoms with Crippen molar-refractivity contribution in [1.82, 2.24) is 9.97 Å². The maximum atomic E-state index is 6.70. The largest absolute Gasteiger partial charge is 0.457 e. The Labute approximate surface area is 339 Å². The first kappa shape index (κ1) is 32.2. The lowest BCUT2D eigenvalue weighted by atomic mass is 9.65. The Bertz CT molecular complexity index is 3380. The van der Waals surface area contributed by atoms with Crippen LogP contribution in [0.15, 0.2) is 170 Å². The molecule has 3 nitrogen and oxygen atoms in total. The molecule has 1 aliphatic heterocycles. The van der Waals surface area contributed by atoms with E-state index >= 15 is 0 Å². The number of thiophene rings is 1.